The highest BCUT2D eigenvalue weighted by molar-refractivity contribution is 6.08. The molecule has 2 rings (SSSR count). The van der Waals surface area contributed by atoms with Gasteiger partial charge in [0.25, 0.3) is 0 Å². The maximum absolute atomic E-state index is 12.5. The molecule has 1 unspecified atom stereocenters. The predicted molar refractivity (Wildman–Crippen MR) is 103 cm³/mol. The summed E-state index contributed by atoms with van der Waals surface area (Å²) < 4.78 is 5.86. The highest BCUT2D eigenvalue weighted by atomic mass is 79.9. The van der Waals surface area contributed by atoms with Gasteiger partial charge in [0.1, 0.15) is 19.7 Å². The Morgan fingerprint density at radius 2 is 1.63 bits per heavy atom. The van der Waals surface area contributed by atoms with Crippen LogP contribution in [0.4, 0.5) is 0 Å². The lowest BCUT2D eigenvalue weighted by Gasteiger charge is -2.33. The van der Waals surface area contributed by atoms with Crippen LogP contribution in [0.1, 0.15) is 28.4 Å². The number of carbonyl (C=O) groups is 2. The van der Waals surface area contributed by atoms with Crippen LogP contribution in [-0.4, -0.2) is 43.0 Å². The van der Waals surface area contributed by atoms with Crippen molar-refractivity contribution in [1.29, 1.82) is 0 Å². The SMILES string of the molecule is C=CC(=O)OCC[N+](C)(CC)Cc1ccc(C(=O)c2ccccc2)cc1.[Br-]. The fraction of sp³-hybridized carbons (Fsp3) is 0.273. The fourth-order valence-electron chi connectivity index (χ4n) is 2.73. The lowest BCUT2D eigenvalue weighted by atomic mass is 10.0. The molecule has 0 saturated heterocycles. The van der Waals surface area contributed by atoms with Gasteiger partial charge in [0.2, 0.25) is 0 Å². The lowest BCUT2D eigenvalue weighted by molar-refractivity contribution is -0.921. The first-order valence-electron chi connectivity index (χ1n) is 8.79. The molecule has 144 valence electrons. The van der Waals surface area contributed by atoms with Crippen LogP contribution in [0.3, 0.4) is 0 Å². The summed E-state index contributed by atoms with van der Waals surface area (Å²) in [4.78, 5) is 23.7. The van der Waals surface area contributed by atoms with Gasteiger partial charge in [-0.05, 0) is 6.92 Å². The van der Waals surface area contributed by atoms with Gasteiger partial charge in [0, 0.05) is 22.8 Å². The molecule has 0 aliphatic carbocycles. The van der Waals surface area contributed by atoms with Gasteiger partial charge in [-0.1, -0.05) is 61.2 Å². The second kappa shape index (κ2) is 10.8. The number of quaternary nitrogens is 1. The van der Waals surface area contributed by atoms with Gasteiger partial charge in [0.15, 0.2) is 5.78 Å². The van der Waals surface area contributed by atoms with Crippen molar-refractivity contribution in [2.75, 3.05) is 26.7 Å². The van der Waals surface area contributed by atoms with E-state index < -0.39 is 5.97 Å². The first-order valence-corrected chi connectivity index (χ1v) is 8.79. The van der Waals surface area contributed by atoms with Crippen LogP contribution in [-0.2, 0) is 16.1 Å². The van der Waals surface area contributed by atoms with Crippen LogP contribution in [0.2, 0.25) is 0 Å². The molecule has 4 nitrogen and oxygen atoms in total. The zero-order chi connectivity index (χ0) is 19.0. The van der Waals surface area contributed by atoms with E-state index in [0.717, 1.165) is 29.7 Å². The molecule has 0 N–H and O–H groups in total. The Labute approximate surface area is 171 Å². The molecule has 2 aromatic rings. The van der Waals surface area contributed by atoms with Gasteiger partial charge in [-0.25, -0.2) is 4.79 Å². The zero-order valence-electron chi connectivity index (χ0n) is 15.9. The minimum atomic E-state index is -0.392. The maximum Gasteiger partial charge on any atom is 0.330 e. The number of hydrogen-bond donors (Lipinski definition) is 0. The number of esters is 1. The molecule has 0 radical (unpaired) electrons. The predicted octanol–water partition coefficient (Wildman–Crippen LogP) is 0.617. The molecule has 0 aliphatic rings. The number of rotatable bonds is 9. The quantitative estimate of drug-likeness (QED) is 0.253. The van der Waals surface area contributed by atoms with Crippen molar-refractivity contribution in [3.05, 3.63) is 83.9 Å². The number of nitrogens with zero attached hydrogens (tertiary/aromatic N) is 1. The molecule has 1 atom stereocenters. The first kappa shape index (κ1) is 22.8. The number of halogens is 1. The van der Waals surface area contributed by atoms with Crippen molar-refractivity contribution < 1.29 is 35.8 Å². The summed E-state index contributed by atoms with van der Waals surface area (Å²) in [5.41, 5.74) is 2.53. The van der Waals surface area contributed by atoms with Crippen molar-refractivity contribution >= 4 is 11.8 Å². The van der Waals surface area contributed by atoms with Crippen LogP contribution in [0.5, 0.6) is 0 Å². The van der Waals surface area contributed by atoms with E-state index in [1.165, 1.54) is 6.08 Å². The average Bonchev–Trinajstić information content (AvgIpc) is 2.68. The summed E-state index contributed by atoms with van der Waals surface area (Å²) in [5.74, 6) is -0.363. The van der Waals surface area contributed by atoms with E-state index in [1.54, 1.807) is 0 Å². The monoisotopic (exact) mass is 431 g/mol. The highest BCUT2D eigenvalue weighted by Crippen LogP contribution is 2.15. The normalized spacial score (nSPS) is 12.4. The number of ether oxygens (including phenoxy) is 1. The van der Waals surface area contributed by atoms with E-state index in [9.17, 15) is 9.59 Å². The van der Waals surface area contributed by atoms with E-state index in [0.29, 0.717) is 17.7 Å². The summed E-state index contributed by atoms with van der Waals surface area (Å²) in [6.45, 7) is 8.32. The summed E-state index contributed by atoms with van der Waals surface area (Å²) in [6, 6.07) is 17.0. The van der Waals surface area contributed by atoms with Gasteiger partial charge in [-0.3, -0.25) is 4.79 Å². The van der Waals surface area contributed by atoms with E-state index in [2.05, 4.69) is 20.6 Å². The van der Waals surface area contributed by atoms with Crippen LogP contribution in [0.25, 0.3) is 0 Å². The molecule has 0 amide bonds. The molecule has 27 heavy (non-hydrogen) atoms. The van der Waals surface area contributed by atoms with Gasteiger partial charge < -0.3 is 26.2 Å². The molecular weight excluding hydrogens is 406 g/mol. The molecule has 5 heteroatoms. The van der Waals surface area contributed by atoms with E-state index >= 15 is 0 Å². The Morgan fingerprint density at radius 3 is 2.19 bits per heavy atom. The maximum atomic E-state index is 12.5. The van der Waals surface area contributed by atoms with Crippen molar-refractivity contribution in [3.63, 3.8) is 0 Å². The zero-order valence-corrected chi connectivity index (χ0v) is 17.4. The molecule has 0 saturated carbocycles. The van der Waals surface area contributed by atoms with E-state index in [1.807, 2.05) is 54.6 Å². The highest BCUT2D eigenvalue weighted by Gasteiger charge is 2.20. The Hall–Kier alpha value is -2.24. The van der Waals surface area contributed by atoms with Gasteiger partial charge in [-0.2, -0.15) is 0 Å². The third kappa shape index (κ3) is 6.77. The third-order valence-electron chi connectivity index (χ3n) is 4.62. The molecule has 0 heterocycles. The van der Waals surface area contributed by atoms with Crippen molar-refractivity contribution in [2.45, 2.75) is 13.5 Å². The van der Waals surface area contributed by atoms with Crippen molar-refractivity contribution in [1.82, 2.24) is 0 Å². The van der Waals surface area contributed by atoms with Gasteiger partial charge in [-0.15, -0.1) is 0 Å². The second-order valence-electron chi connectivity index (χ2n) is 6.58. The minimum Gasteiger partial charge on any atom is -1.00 e. The Kier molecular flexibility index (Phi) is 9.12. The average molecular weight is 432 g/mol. The number of benzene rings is 2. The van der Waals surface area contributed by atoms with E-state index in [-0.39, 0.29) is 22.8 Å². The number of hydrogen-bond acceptors (Lipinski definition) is 3. The summed E-state index contributed by atoms with van der Waals surface area (Å²) in [6.07, 6.45) is 1.18. The molecule has 0 aliphatic heterocycles. The smallest absolute Gasteiger partial charge is 0.330 e. The van der Waals surface area contributed by atoms with Crippen LogP contribution in [0.15, 0.2) is 67.3 Å². The number of likely N-dealkylation sites (N-methyl/N-ethyl adjacent to an activating group) is 1. The number of ketones is 1. The van der Waals surface area contributed by atoms with Gasteiger partial charge >= 0.3 is 5.97 Å². The van der Waals surface area contributed by atoms with Crippen molar-refractivity contribution in [2.24, 2.45) is 0 Å². The summed E-state index contributed by atoms with van der Waals surface area (Å²) >= 11 is 0. The minimum absolute atomic E-state index is 0. The van der Waals surface area contributed by atoms with E-state index in [4.69, 9.17) is 4.74 Å². The molecule has 0 fully saturated rings. The fourth-order valence-corrected chi connectivity index (χ4v) is 2.73. The summed E-state index contributed by atoms with van der Waals surface area (Å²) in [7, 11) is 2.13. The van der Waals surface area contributed by atoms with Crippen molar-refractivity contribution in [3.8, 4) is 0 Å². The standard InChI is InChI=1S/C22H26NO3.BrH/c1-4-21(24)26-16-15-23(3,5-2)17-18-11-13-20(14-12-18)22(25)19-9-7-6-8-10-19;/h4,6-14H,1,5,15-17H2,2-3H3;1H/q+1;/p-1. The lowest BCUT2D eigenvalue weighted by Crippen LogP contribution is -3.00. The van der Waals surface area contributed by atoms with Crippen LogP contribution >= 0.6 is 0 Å². The largest absolute Gasteiger partial charge is 1.00 e. The Morgan fingerprint density at radius 1 is 1.04 bits per heavy atom. The molecular formula is C22H26BrNO3. The van der Waals surface area contributed by atoms with Crippen LogP contribution < -0.4 is 17.0 Å². The third-order valence-corrected chi connectivity index (χ3v) is 4.62. The molecule has 2 aromatic carbocycles. The summed E-state index contributed by atoms with van der Waals surface area (Å²) in [5, 5.41) is 0. The van der Waals surface area contributed by atoms with Gasteiger partial charge in [0.05, 0.1) is 13.6 Å². The molecule has 0 bridgehead atoms. The number of carbonyl (C=O) groups excluding carboxylic acids is 2. The topological polar surface area (TPSA) is 43.4 Å². The Bertz CT molecular complexity index is 759. The molecule has 0 aromatic heterocycles. The second-order valence-corrected chi connectivity index (χ2v) is 6.58. The van der Waals surface area contributed by atoms with Crippen LogP contribution in [0, 0.1) is 0 Å². The first-order chi connectivity index (χ1) is 12.5. The Balaban J connectivity index is 0.00000364. The molecule has 0 spiro atoms.